The number of benzene rings is 2. The number of hydrogen-bond acceptors (Lipinski definition) is 5. The molecule has 0 radical (unpaired) electrons. The number of nitrogens with zero attached hydrogens (tertiary/aromatic N) is 2. The molecule has 2 heterocycles. The summed E-state index contributed by atoms with van der Waals surface area (Å²) in [5.41, 5.74) is 0.0693. The zero-order valence-electron chi connectivity index (χ0n) is 19.9. The van der Waals surface area contributed by atoms with Crippen LogP contribution in [0.1, 0.15) is 35.2 Å². The molecule has 2 aromatic carbocycles. The predicted molar refractivity (Wildman–Crippen MR) is 132 cm³/mol. The number of carboxylic acid groups (broad SMARTS) is 1. The van der Waals surface area contributed by atoms with Crippen molar-refractivity contribution in [2.75, 3.05) is 10.8 Å². The first-order valence-corrected chi connectivity index (χ1v) is 12.8. The number of carboxylic acids is 1. The molecule has 3 aromatic rings. The maximum atomic E-state index is 14.2. The van der Waals surface area contributed by atoms with Crippen molar-refractivity contribution in [3.63, 3.8) is 0 Å². The second kappa shape index (κ2) is 10.4. The number of halogens is 4. The molecule has 0 saturated carbocycles. The van der Waals surface area contributed by atoms with Crippen LogP contribution >= 0.6 is 0 Å². The Morgan fingerprint density at radius 3 is 2.63 bits per heavy atom. The Balaban J connectivity index is 1.75. The second-order valence-electron chi connectivity index (χ2n) is 8.67. The van der Waals surface area contributed by atoms with Gasteiger partial charge in [0, 0.05) is 12.6 Å². The van der Waals surface area contributed by atoms with E-state index >= 15 is 0 Å². The first-order chi connectivity index (χ1) is 17.8. The fourth-order valence-corrected chi connectivity index (χ4v) is 5.44. The molecule has 200 valence electrons. The number of rotatable bonds is 7. The molecule has 4 rings (SSSR count). The van der Waals surface area contributed by atoms with Crippen molar-refractivity contribution < 1.29 is 40.6 Å². The quantitative estimate of drug-likeness (QED) is 0.388. The van der Waals surface area contributed by atoms with Crippen LogP contribution in [0, 0.1) is 12.7 Å². The number of anilines is 1. The maximum Gasteiger partial charge on any atom is 0.416 e. The molecule has 0 bridgehead atoms. The highest BCUT2D eigenvalue weighted by molar-refractivity contribution is 7.92. The van der Waals surface area contributed by atoms with E-state index in [9.17, 15) is 30.8 Å². The Labute approximate surface area is 216 Å². The Morgan fingerprint density at radius 2 is 1.95 bits per heavy atom. The fourth-order valence-electron chi connectivity index (χ4n) is 3.90. The molecule has 0 spiro atoms. The van der Waals surface area contributed by atoms with Crippen molar-refractivity contribution in [3.05, 3.63) is 82.9 Å². The van der Waals surface area contributed by atoms with Gasteiger partial charge >= 0.3 is 12.1 Å². The molecule has 0 fully saturated rings. The molecule has 1 N–H and O–H groups in total. The first-order valence-electron chi connectivity index (χ1n) is 11.4. The van der Waals surface area contributed by atoms with Crippen molar-refractivity contribution in [3.8, 4) is 5.75 Å². The van der Waals surface area contributed by atoms with Gasteiger partial charge in [-0.15, -0.1) is 0 Å². The second-order valence-corrected chi connectivity index (χ2v) is 10.5. The van der Waals surface area contributed by atoms with Crippen LogP contribution in [0.4, 0.5) is 23.2 Å². The van der Waals surface area contributed by atoms with Gasteiger partial charge in [-0.2, -0.15) is 13.2 Å². The molecule has 38 heavy (non-hydrogen) atoms. The van der Waals surface area contributed by atoms with Crippen LogP contribution in [-0.4, -0.2) is 37.1 Å². The summed E-state index contributed by atoms with van der Waals surface area (Å²) in [6, 6.07) is 9.17. The topological polar surface area (TPSA) is 96.8 Å². The van der Waals surface area contributed by atoms with Crippen LogP contribution in [0.3, 0.4) is 0 Å². The van der Waals surface area contributed by atoms with E-state index in [1.807, 2.05) is 0 Å². The van der Waals surface area contributed by atoms with E-state index in [2.05, 4.69) is 4.98 Å². The van der Waals surface area contributed by atoms with Crippen LogP contribution in [0.15, 0.2) is 59.6 Å². The zero-order chi connectivity index (χ0) is 27.7. The molecule has 1 aliphatic rings. The predicted octanol–water partition coefficient (Wildman–Crippen LogP) is 5.54. The normalized spacial score (nSPS) is 15.8. The molecular formula is C26H22F4N2O5S. The summed E-state index contributed by atoms with van der Waals surface area (Å²) in [5, 5.41) is 9.04. The molecule has 1 unspecified atom stereocenters. The van der Waals surface area contributed by atoms with Gasteiger partial charge in [-0.25, -0.2) is 12.8 Å². The number of fused-ring (bicyclic) bond motifs is 1. The van der Waals surface area contributed by atoms with E-state index in [1.54, 1.807) is 13.0 Å². The van der Waals surface area contributed by atoms with Gasteiger partial charge in [-0.3, -0.25) is 14.1 Å². The van der Waals surface area contributed by atoms with E-state index in [0.717, 1.165) is 22.5 Å². The Kier molecular flexibility index (Phi) is 7.45. The number of aliphatic carboxylic acids is 1. The minimum atomic E-state index is -4.75. The Bertz CT molecular complexity index is 1510. The number of ether oxygens (including phenoxy) is 1. The standard InChI is InChI=1S/C26H22F4N2O5S/c1-16-11-21(27)22(31-14-16)8-5-17-6-9-24-23(12-17)32(15-19(37-24)7-10-25(33)34)38(35,36)20-4-2-3-18(13-20)26(28,29)30/h2-6,8-9,11-14,19H,7,10,15H2,1H3,(H,33,34). The number of alkyl halides is 3. The van der Waals surface area contributed by atoms with Gasteiger partial charge in [0.2, 0.25) is 0 Å². The molecule has 1 aromatic heterocycles. The number of hydrogen-bond donors (Lipinski definition) is 1. The average Bonchev–Trinajstić information content (AvgIpc) is 2.86. The molecule has 12 heteroatoms. The lowest BCUT2D eigenvalue weighted by Crippen LogP contribution is -2.43. The van der Waals surface area contributed by atoms with E-state index < -0.39 is 44.5 Å². The largest absolute Gasteiger partial charge is 0.486 e. The van der Waals surface area contributed by atoms with E-state index in [0.29, 0.717) is 17.2 Å². The number of aromatic nitrogens is 1. The molecule has 7 nitrogen and oxygen atoms in total. The van der Waals surface area contributed by atoms with Crippen LogP contribution in [0.2, 0.25) is 0 Å². The van der Waals surface area contributed by atoms with Gasteiger partial charge < -0.3 is 9.84 Å². The van der Waals surface area contributed by atoms with E-state index in [4.69, 9.17) is 9.84 Å². The molecule has 1 atom stereocenters. The number of carbonyl (C=O) groups is 1. The van der Waals surface area contributed by atoms with Crippen molar-refractivity contribution in [1.82, 2.24) is 4.98 Å². The van der Waals surface area contributed by atoms with Crippen LogP contribution in [-0.2, 0) is 21.0 Å². The zero-order valence-corrected chi connectivity index (χ0v) is 20.8. The summed E-state index contributed by atoms with van der Waals surface area (Å²) >= 11 is 0. The molecule has 0 amide bonds. The van der Waals surface area contributed by atoms with Gasteiger partial charge in [0.1, 0.15) is 17.7 Å². The van der Waals surface area contributed by atoms with Crippen LogP contribution in [0.5, 0.6) is 5.75 Å². The van der Waals surface area contributed by atoms with Gasteiger partial charge in [0.25, 0.3) is 10.0 Å². The molecule has 0 aliphatic carbocycles. The van der Waals surface area contributed by atoms with Gasteiger partial charge in [-0.1, -0.05) is 18.2 Å². The minimum Gasteiger partial charge on any atom is -0.486 e. The third kappa shape index (κ3) is 5.96. The van der Waals surface area contributed by atoms with Gasteiger partial charge in [-0.05, 0) is 66.9 Å². The number of sulfonamides is 1. The van der Waals surface area contributed by atoms with Gasteiger partial charge in [0.15, 0.2) is 0 Å². The summed E-state index contributed by atoms with van der Waals surface area (Å²) in [6.45, 7) is 1.37. The minimum absolute atomic E-state index is 0.0244. The third-order valence-electron chi connectivity index (χ3n) is 5.78. The number of aryl methyl sites for hydroxylation is 1. The molecule has 0 saturated heterocycles. The van der Waals surface area contributed by atoms with E-state index in [1.165, 1.54) is 36.5 Å². The first kappa shape index (κ1) is 27.1. The molecule has 1 aliphatic heterocycles. The maximum absolute atomic E-state index is 14.2. The van der Waals surface area contributed by atoms with Crippen molar-refractivity contribution >= 4 is 33.8 Å². The average molecular weight is 551 g/mol. The monoisotopic (exact) mass is 550 g/mol. The summed E-state index contributed by atoms with van der Waals surface area (Å²) in [7, 11) is -4.52. The van der Waals surface area contributed by atoms with Crippen molar-refractivity contribution in [2.24, 2.45) is 0 Å². The number of pyridine rings is 1. The van der Waals surface area contributed by atoms with Crippen LogP contribution < -0.4 is 9.04 Å². The summed E-state index contributed by atoms with van der Waals surface area (Å²) < 4.78 is 87.9. The SMILES string of the molecule is Cc1cnc(C=Cc2ccc3c(c2)N(S(=O)(=O)c2cccc(C(F)(F)F)c2)CC(CCC(=O)O)O3)c(F)c1. The highest BCUT2D eigenvalue weighted by Gasteiger charge is 2.37. The smallest absolute Gasteiger partial charge is 0.416 e. The van der Waals surface area contributed by atoms with Crippen LogP contribution in [0.25, 0.3) is 12.2 Å². The lowest BCUT2D eigenvalue weighted by atomic mass is 10.1. The van der Waals surface area contributed by atoms with Crippen molar-refractivity contribution in [1.29, 1.82) is 0 Å². The molecular weight excluding hydrogens is 528 g/mol. The Morgan fingerprint density at radius 1 is 1.18 bits per heavy atom. The fraction of sp³-hybridized carbons (Fsp3) is 0.231. The summed E-state index contributed by atoms with van der Waals surface area (Å²) in [5.74, 6) is -1.54. The van der Waals surface area contributed by atoms with Crippen molar-refractivity contribution in [2.45, 2.75) is 36.9 Å². The van der Waals surface area contributed by atoms with Gasteiger partial charge in [0.05, 0.1) is 28.4 Å². The van der Waals surface area contributed by atoms with E-state index in [-0.39, 0.29) is 36.5 Å². The lowest BCUT2D eigenvalue weighted by molar-refractivity contribution is -0.138. The Hall–Kier alpha value is -3.93. The summed E-state index contributed by atoms with van der Waals surface area (Å²) in [6.07, 6.45) is -1.53. The summed E-state index contributed by atoms with van der Waals surface area (Å²) in [4.78, 5) is 14.5. The highest BCUT2D eigenvalue weighted by Crippen LogP contribution is 2.40. The lowest BCUT2D eigenvalue weighted by Gasteiger charge is -2.35. The highest BCUT2D eigenvalue weighted by atomic mass is 32.2. The third-order valence-corrected chi connectivity index (χ3v) is 7.56.